The molecule has 0 bridgehead atoms. The normalized spacial score (nSPS) is 17.7. The zero-order valence-corrected chi connectivity index (χ0v) is 26.7. The fraction of sp³-hybridized carbons (Fsp3) is 0.0417. The highest BCUT2D eigenvalue weighted by Crippen LogP contribution is 2.56. The highest BCUT2D eigenvalue weighted by Gasteiger charge is 2.39. The lowest BCUT2D eigenvalue weighted by Crippen LogP contribution is -2.20. The number of furan rings is 1. The van der Waals surface area contributed by atoms with Gasteiger partial charge in [0.1, 0.15) is 11.2 Å². The van der Waals surface area contributed by atoms with Crippen LogP contribution in [0.2, 0.25) is 0 Å². The van der Waals surface area contributed by atoms with Crippen LogP contribution in [0.1, 0.15) is 22.6 Å². The van der Waals surface area contributed by atoms with Crippen molar-refractivity contribution >= 4 is 54.6 Å². The average Bonchev–Trinajstić information content (AvgIpc) is 3.49. The minimum absolute atomic E-state index is 0.225. The molecule has 0 radical (unpaired) electrons. The van der Waals surface area contributed by atoms with Gasteiger partial charge in [0.25, 0.3) is 0 Å². The van der Waals surface area contributed by atoms with Crippen LogP contribution < -0.4 is 0 Å². The van der Waals surface area contributed by atoms with E-state index in [0.29, 0.717) is 0 Å². The molecule has 0 spiro atoms. The number of hydrogen-bond donors (Lipinski definition) is 0. The molecule has 2 atom stereocenters. The van der Waals surface area contributed by atoms with Crippen molar-refractivity contribution in [2.24, 2.45) is 5.92 Å². The van der Waals surface area contributed by atoms with Crippen LogP contribution >= 0.6 is 0 Å². The highest BCUT2D eigenvalue weighted by atomic mass is 16.3. The summed E-state index contributed by atoms with van der Waals surface area (Å²) in [5, 5.41) is 7.35. The van der Waals surface area contributed by atoms with Gasteiger partial charge < -0.3 is 4.42 Å². The van der Waals surface area contributed by atoms with E-state index in [4.69, 9.17) is 4.42 Å². The third kappa shape index (κ3) is 3.76. The molecule has 0 saturated heterocycles. The van der Waals surface area contributed by atoms with Gasteiger partial charge in [-0.2, -0.15) is 0 Å². The minimum Gasteiger partial charge on any atom is -0.456 e. The Bertz CT molecular complexity index is 2780. The summed E-state index contributed by atoms with van der Waals surface area (Å²) in [5.74, 6) is 0.480. The zero-order valence-electron chi connectivity index (χ0n) is 26.7. The third-order valence-corrected chi connectivity index (χ3v) is 11.1. The average molecular weight is 623 g/mol. The van der Waals surface area contributed by atoms with Crippen LogP contribution in [0.3, 0.4) is 0 Å². The predicted octanol–water partition coefficient (Wildman–Crippen LogP) is 12.9. The second-order valence-corrected chi connectivity index (χ2v) is 13.5. The number of rotatable bonds is 2. The highest BCUT2D eigenvalue weighted by molar-refractivity contribution is 6.21. The van der Waals surface area contributed by atoms with Crippen molar-refractivity contribution in [2.75, 3.05) is 0 Å². The number of benzene rings is 7. The Hall–Kier alpha value is -6.18. The van der Waals surface area contributed by atoms with Gasteiger partial charge in [0.15, 0.2) is 0 Å². The first kappa shape index (κ1) is 26.8. The van der Waals surface area contributed by atoms with Crippen molar-refractivity contribution in [3.8, 4) is 22.3 Å². The van der Waals surface area contributed by atoms with Gasteiger partial charge in [-0.15, -0.1) is 0 Å². The van der Waals surface area contributed by atoms with Gasteiger partial charge in [0.2, 0.25) is 0 Å². The lowest BCUT2D eigenvalue weighted by atomic mass is 9.67. The Kier molecular flexibility index (Phi) is 5.57. The van der Waals surface area contributed by atoms with Crippen LogP contribution in [-0.2, 0) is 0 Å². The van der Waals surface area contributed by atoms with Crippen LogP contribution in [0.25, 0.3) is 76.9 Å². The van der Waals surface area contributed by atoms with Crippen molar-refractivity contribution in [1.82, 2.24) is 0 Å². The van der Waals surface area contributed by atoms with E-state index in [1.807, 2.05) is 6.07 Å². The predicted molar refractivity (Wildman–Crippen MR) is 205 cm³/mol. The second kappa shape index (κ2) is 10.2. The molecule has 2 unspecified atom stereocenters. The maximum Gasteiger partial charge on any atom is 0.136 e. The molecule has 1 heteroatoms. The van der Waals surface area contributed by atoms with Crippen LogP contribution in [0.15, 0.2) is 180 Å². The molecule has 0 aliphatic heterocycles. The number of fused-ring (bicyclic) bond motifs is 10. The van der Waals surface area contributed by atoms with E-state index < -0.39 is 0 Å². The summed E-state index contributed by atoms with van der Waals surface area (Å²) in [5.41, 5.74) is 15.1. The van der Waals surface area contributed by atoms with E-state index >= 15 is 0 Å². The summed E-state index contributed by atoms with van der Waals surface area (Å²) in [4.78, 5) is 0. The van der Waals surface area contributed by atoms with E-state index in [9.17, 15) is 0 Å². The molecule has 228 valence electrons. The maximum atomic E-state index is 6.38. The lowest BCUT2D eigenvalue weighted by Gasteiger charge is -2.35. The third-order valence-electron chi connectivity index (χ3n) is 11.1. The number of hydrogen-bond acceptors (Lipinski definition) is 1. The van der Waals surface area contributed by atoms with E-state index in [1.165, 1.54) is 77.2 Å². The molecule has 1 heterocycles. The molecule has 1 nitrogen and oxygen atoms in total. The second-order valence-electron chi connectivity index (χ2n) is 13.5. The minimum atomic E-state index is 0.225. The standard InChI is InChI=1S/C48H30O/c1-3-14-32-30(12-1)31-13-2-4-15-33(31)42-26-27-43(41-22-11-21-36(32)47(41)42)48-39-19-7-5-17-37(39)46(38-18-6-8-20-40(38)48)29-24-25-35-34-16-9-10-23-44(34)49-45(35)28-29/h1-28,36,47H. The summed E-state index contributed by atoms with van der Waals surface area (Å²) in [6.07, 6.45) is 11.9. The summed E-state index contributed by atoms with van der Waals surface area (Å²) in [7, 11) is 0. The van der Waals surface area contributed by atoms with Crippen molar-refractivity contribution < 1.29 is 4.42 Å². The SMILES string of the molecule is C1=CC2c3ccccc3-c3ccccc3C3=CC=C(c4c5ccccc5c(-c5ccc6c(c5)oc5ccccc56)c5ccccc45)C(=C1)C32. The van der Waals surface area contributed by atoms with Gasteiger partial charge in [0.05, 0.1) is 0 Å². The monoisotopic (exact) mass is 622 g/mol. The molecule has 3 aliphatic rings. The van der Waals surface area contributed by atoms with Crippen molar-refractivity contribution in [3.05, 3.63) is 192 Å². The van der Waals surface area contributed by atoms with Gasteiger partial charge in [0, 0.05) is 22.6 Å². The number of allylic oxidation sites excluding steroid dienone is 8. The Balaban J connectivity index is 1.18. The Morgan fingerprint density at radius 2 is 1.04 bits per heavy atom. The smallest absolute Gasteiger partial charge is 0.136 e. The molecule has 0 N–H and O–H groups in total. The molecule has 8 aromatic rings. The fourth-order valence-corrected chi connectivity index (χ4v) is 9.06. The molecule has 7 aromatic carbocycles. The zero-order chi connectivity index (χ0) is 32.1. The Morgan fingerprint density at radius 1 is 0.429 bits per heavy atom. The molecule has 11 rings (SSSR count). The maximum absolute atomic E-state index is 6.38. The van der Waals surface area contributed by atoms with Gasteiger partial charge >= 0.3 is 0 Å². The van der Waals surface area contributed by atoms with Gasteiger partial charge in [-0.25, -0.2) is 0 Å². The van der Waals surface area contributed by atoms with E-state index in [-0.39, 0.29) is 11.8 Å². The molecule has 1 aromatic heterocycles. The molecule has 0 amide bonds. The van der Waals surface area contributed by atoms with E-state index in [1.54, 1.807) is 0 Å². The van der Waals surface area contributed by atoms with Crippen molar-refractivity contribution in [2.45, 2.75) is 5.92 Å². The Labute approximate surface area is 284 Å². The Morgan fingerprint density at radius 3 is 1.82 bits per heavy atom. The molecular formula is C48H30O. The topological polar surface area (TPSA) is 13.1 Å². The summed E-state index contributed by atoms with van der Waals surface area (Å²) in [6, 6.07) is 51.0. The van der Waals surface area contributed by atoms with E-state index in [2.05, 4.69) is 164 Å². The largest absolute Gasteiger partial charge is 0.456 e. The number of para-hydroxylation sites is 1. The van der Waals surface area contributed by atoms with Crippen LogP contribution in [0.4, 0.5) is 0 Å². The van der Waals surface area contributed by atoms with Crippen molar-refractivity contribution in [1.29, 1.82) is 0 Å². The first-order chi connectivity index (χ1) is 24.3. The fourth-order valence-electron chi connectivity index (χ4n) is 9.06. The molecule has 0 saturated carbocycles. The van der Waals surface area contributed by atoms with E-state index in [0.717, 1.165) is 21.9 Å². The first-order valence-electron chi connectivity index (χ1n) is 17.2. The van der Waals surface area contributed by atoms with Crippen LogP contribution in [-0.4, -0.2) is 0 Å². The van der Waals surface area contributed by atoms with Crippen molar-refractivity contribution in [3.63, 3.8) is 0 Å². The summed E-state index contributed by atoms with van der Waals surface area (Å²) < 4.78 is 6.38. The van der Waals surface area contributed by atoms with Gasteiger partial charge in [-0.1, -0.05) is 152 Å². The van der Waals surface area contributed by atoms with Gasteiger partial charge in [-0.05, 0) is 95.4 Å². The lowest BCUT2D eigenvalue weighted by molar-refractivity contribution is 0.669. The van der Waals surface area contributed by atoms with Crippen LogP contribution in [0, 0.1) is 5.92 Å². The first-order valence-corrected chi connectivity index (χ1v) is 17.2. The molecule has 49 heavy (non-hydrogen) atoms. The molecule has 3 aliphatic carbocycles. The molecule has 0 fully saturated rings. The van der Waals surface area contributed by atoms with Crippen LogP contribution in [0.5, 0.6) is 0 Å². The molecular weight excluding hydrogens is 593 g/mol. The summed E-state index contributed by atoms with van der Waals surface area (Å²) in [6.45, 7) is 0. The quantitative estimate of drug-likeness (QED) is 0.175. The summed E-state index contributed by atoms with van der Waals surface area (Å²) >= 11 is 0. The van der Waals surface area contributed by atoms with Gasteiger partial charge in [-0.3, -0.25) is 0 Å².